The van der Waals surface area contributed by atoms with Crippen LogP contribution in [0.2, 0.25) is 0 Å². The highest BCUT2D eigenvalue weighted by Crippen LogP contribution is 2.41. The van der Waals surface area contributed by atoms with Gasteiger partial charge in [-0.1, -0.05) is 32.9 Å². The molecule has 1 N–H and O–H groups in total. The fraction of sp³-hybridized carbons (Fsp3) is 0.571. The summed E-state index contributed by atoms with van der Waals surface area (Å²) in [4.78, 5) is 0.436. The molecule has 0 aliphatic carbocycles. The van der Waals surface area contributed by atoms with Crippen LogP contribution in [0.4, 0.5) is 5.69 Å². The maximum Gasteiger partial charge on any atom is 0.187 e. The van der Waals surface area contributed by atoms with Gasteiger partial charge in [-0.25, -0.2) is 8.42 Å². The molecule has 1 heterocycles. The van der Waals surface area contributed by atoms with Gasteiger partial charge in [0.15, 0.2) is 9.84 Å². The summed E-state index contributed by atoms with van der Waals surface area (Å²) >= 11 is 0. The Labute approximate surface area is 110 Å². The van der Waals surface area contributed by atoms with Gasteiger partial charge in [0, 0.05) is 6.54 Å². The first kappa shape index (κ1) is 13.4. The maximum absolute atomic E-state index is 12.6. The van der Waals surface area contributed by atoms with Crippen LogP contribution in [-0.4, -0.2) is 19.7 Å². The number of rotatable bonds is 0. The number of hydrogen-bond acceptors (Lipinski definition) is 3. The van der Waals surface area contributed by atoms with Gasteiger partial charge in [0.05, 0.1) is 15.3 Å². The summed E-state index contributed by atoms with van der Waals surface area (Å²) in [6, 6.07) is 5.54. The fourth-order valence-electron chi connectivity index (χ4n) is 2.26. The van der Waals surface area contributed by atoms with Crippen LogP contribution < -0.4 is 5.32 Å². The van der Waals surface area contributed by atoms with Crippen molar-refractivity contribution in [2.24, 2.45) is 0 Å². The molecular weight excluding hydrogens is 246 g/mol. The van der Waals surface area contributed by atoms with E-state index in [1.807, 2.05) is 12.1 Å². The number of nitrogens with one attached hydrogen (secondary N) is 1. The highest BCUT2D eigenvalue weighted by molar-refractivity contribution is 7.93. The zero-order valence-electron chi connectivity index (χ0n) is 11.7. The van der Waals surface area contributed by atoms with Crippen molar-refractivity contribution >= 4 is 15.5 Å². The first-order chi connectivity index (χ1) is 8.07. The molecule has 1 aliphatic heterocycles. The van der Waals surface area contributed by atoms with E-state index in [-0.39, 0.29) is 5.41 Å². The SMILES string of the molecule is CC(C)(C)c1cccc2c1NCC(C)(C)S2(=O)=O. The number of anilines is 1. The smallest absolute Gasteiger partial charge is 0.187 e. The number of para-hydroxylation sites is 1. The van der Waals surface area contributed by atoms with Crippen molar-refractivity contribution in [1.29, 1.82) is 0 Å². The lowest BCUT2D eigenvalue weighted by atomic mass is 9.85. The molecule has 0 aromatic heterocycles. The van der Waals surface area contributed by atoms with E-state index in [1.165, 1.54) is 0 Å². The van der Waals surface area contributed by atoms with Gasteiger partial charge in [-0.15, -0.1) is 0 Å². The first-order valence-electron chi connectivity index (χ1n) is 6.19. The van der Waals surface area contributed by atoms with E-state index in [1.54, 1.807) is 19.9 Å². The van der Waals surface area contributed by atoms with Crippen LogP contribution in [0.5, 0.6) is 0 Å². The zero-order chi connectivity index (χ0) is 13.8. The van der Waals surface area contributed by atoms with Crippen molar-refractivity contribution in [3.8, 4) is 0 Å². The van der Waals surface area contributed by atoms with Crippen LogP contribution in [0.3, 0.4) is 0 Å². The molecule has 0 fully saturated rings. The normalized spacial score (nSPS) is 20.9. The van der Waals surface area contributed by atoms with Gasteiger partial charge >= 0.3 is 0 Å². The fourth-order valence-corrected chi connectivity index (χ4v) is 3.82. The molecule has 4 heteroatoms. The van der Waals surface area contributed by atoms with E-state index in [0.29, 0.717) is 11.4 Å². The largest absolute Gasteiger partial charge is 0.382 e. The second-order valence-electron chi connectivity index (χ2n) is 6.55. The Morgan fingerprint density at radius 2 is 1.83 bits per heavy atom. The van der Waals surface area contributed by atoms with Gasteiger partial charge in [-0.2, -0.15) is 0 Å². The summed E-state index contributed by atoms with van der Waals surface area (Å²) in [6.45, 7) is 10.3. The van der Waals surface area contributed by atoms with Crippen molar-refractivity contribution in [2.45, 2.75) is 49.7 Å². The summed E-state index contributed by atoms with van der Waals surface area (Å²) in [5.41, 5.74) is 1.76. The van der Waals surface area contributed by atoms with Gasteiger partial charge < -0.3 is 5.32 Å². The van der Waals surface area contributed by atoms with E-state index in [0.717, 1.165) is 11.3 Å². The Bertz CT molecular complexity index is 580. The third kappa shape index (κ3) is 1.83. The second-order valence-corrected chi connectivity index (χ2v) is 9.10. The van der Waals surface area contributed by atoms with E-state index in [4.69, 9.17) is 0 Å². The average molecular weight is 267 g/mol. The molecule has 18 heavy (non-hydrogen) atoms. The third-order valence-electron chi connectivity index (χ3n) is 3.54. The number of hydrogen-bond donors (Lipinski definition) is 1. The highest BCUT2D eigenvalue weighted by Gasteiger charge is 2.42. The van der Waals surface area contributed by atoms with Crippen LogP contribution in [0.25, 0.3) is 0 Å². The zero-order valence-corrected chi connectivity index (χ0v) is 12.5. The van der Waals surface area contributed by atoms with Gasteiger partial charge in [0.25, 0.3) is 0 Å². The summed E-state index contributed by atoms with van der Waals surface area (Å²) in [5.74, 6) is 0. The molecule has 0 bridgehead atoms. The summed E-state index contributed by atoms with van der Waals surface area (Å²) in [7, 11) is -3.27. The lowest BCUT2D eigenvalue weighted by Crippen LogP contribution is -2.43. The second kappa shape index (κ2) is 3.73. The molecule has 3 nitrogen and oxygen atoms in total. The van der Waals surface area contributed by atoms with E-state index in [9.17, 15) is 8.42 Å². The van der Waals surface area contributed by atoms with Crippen molar-refractivity contribution < 1.29 is 8.42 Å². The minimum atomic E-state index is -3.27. The Morgan fingerprint density at radius 3 is 2.39 bits per heavy atom. The minimum absolute atomic E-state index is 0.0741. The molecule has 0 saturated heterocycles. The third-order valence-corrected chi connectivity index (χ3v) is 6.06. The van der Waals surface area contributed by atoms with Crippen molar-refractivity contribution in [3.05, 3.63) is 23.8 Å². The molecule has 0 saturated carbocycles. The minimum Gasteiger partial charge on any atom is -0.382 e. The van der Waals surface area contributed by atoms with Crippen molar-refractivity contribution in [1.82, 2.24) is 0 Å². The molecule has 0 unspecified atom stereocenters. The van der Waals surface area contributed by atoms with Crippen LogP contribution in [0, 0.1) is 0 Å². The van der Waals surface area contributed by atoms with Gasteiger partial charge in [-0.05, 0) is 30.9 Å². The molecule has 2 rings (SSSR count). The highest BCUT2D eigenvalue weighted by atomic mass is 32.2. The van der Waals surface area contributed by atoms with Gasteiger partial charge in [0.1, 0.15) is 0 Å². The van der Waals surface area contributed by atoms with E-state index >= 15 is 0 Å². The molecule has 1 aromatic carbocycles. The monoisotopic (exact) mass is 267 g/mol. The number of sulfone groups is 1. The Morgan fingerprint density at radius 1 is 1.22 bits per heavy atom. The maximum atomic E-state index is 12.6. The molecule has 0 atom stereocenters. The summed E-state index contributed by atoms with van der Waals surface area (Å²) in [5, 5.41) is 3.30. The van der Waals surface area contributed by atoms with Gasteiger partial charge in [0.2, 0.25) is 0 Å². The Hall–Kier alpha value is -1.03. The topological polar surface area (TPSA) is 46.2 Å². The van der Waals surface area contributed by atoms with Crippen molar-refractivity contribution in [2.75, 3.05) is 11.9 Å². The van der Waals surface area contributed by atoms with Crippen LogP contribution in [0.1, 0.15) is 40.2 Å². The molecular formula is C14H21NO2S. The lowest BCUT2D eigenvalue weighted by Gasteiger charge is -2.35. The standard InChI is InChI=1S/C14H21NO2S/c1-13(2,3)10-7-6-8-11-12(10)15-9-14(4,5)18(11,16)17/h6-8,15H,9H2,1-5H3. The predicted octanol–water partition coefficient (Wildman–Crippen LogP) is 2.96. The van der Waals surface area contributed by atoms with Crippen LogP contribution >= 0.6 is 0 Å². The number of benzene rings is 1. The predicted molar refractivity (Wildman–Crippen MR) is 74.9 cm³/mol. The molecule has 1 aromatic rings. The molecule has 1 aliphatic rings. The quantitative estimate of drug-likeness (QED) is 0.786. The van der Waals surface area contributed by atoms with Crippen LogP contribution in [0.15, 0.2) is 23.1 Å². The Kier molecular flexibility index (Phi) is 2.78. The molecule has 0 amide bonds. The van der Waals surface area contributed by atoms with Crippen LogP contribution in [-0.2, 0) is 15.3 Å². The van der Waals surface area contributed by atoms with E-state index in [2.05, 4.69) is 26.1 Å². The average Bonchev–Trinajstić information content (AvgIpc) is 2.22. The molecule has 100 valence electrons. The lowest BCUT2D eigenvalue weighted by molar-refractivity contribution is 0.544. The van der Waals surface area contributed by atoms with Crippen molar-refractivity contribution in [3.63, 3.8) is 0 Å². The van der Waals surface area contributed by atoms with E-state index < -0.39 is 14.6 Å². The number of fused-ring (bicyclic) bond motifs is 1. The summed E-state index contributed by atoms with van der Waals surface area (Å²) < 4.78 is 24.4. The summed E-state index contributed by atoms with van der Waals surface area (Å²) in [6.07, 6.45) is 0. The first-order valence-corrected chi connectivity index (χ1v) is 7.68. The molecule has 0 spiro atoms. The molecule has 0 radical (unpaired) electrons. The Balaban J connectivity index is 2.74. The van der Waals surface area contributed by atoms with Gasteiger partial charge in [-0.3, -0.25) is 0 Å².